The van der Waals surface area contributed by atoms with Gasteiger partial charge in [-0.25, -0.2) is 4.79 Å². The topological polar surface area (TPSA) is 253 Å². The van der Waals surface area contributed by atoms with E-state index >= 15 is 0 Å². The van der Waals surface area contributed by atoms with Crippen LogP contribution in [0.5, 0.6) is 5.75 Å². The number of benzene rings is 1. The molecule has 1 aromatic carbocycles. The zero-order valence-electron chi connectivity index (χ0n) is 46.2. The van der Waals surface area contributed by atoms with Crippen molar-refractivity contribution in [3.63, 3.8) is 0 Å². The Morgan fingerprint density at radius 3 is 1.85 bits per heavy atom. The van der Waals surface area contributed by atoms with Gasteiger partial charge in [0.1, 0.15) is 47.8 Å². The first-order chi connectivity index (χ1) is 34.2. The number of amides is 6. The fourth-order valence-electron chi connectivity index (χ4n) is 9.47. The Kier molecular flexibility index (Phi) is 27.6. The number of esters is 1. The molecule has 19 nitrogen and oxygen atoms in total. The minimum atomic E-state index is -1.68. The molecule has 2 aliphatic heterocycles. The Morgan fingerprint density at radius 2 is 1.34 bits per heavy atom. The molecule has 2 heterocycles. The van der Waals surface area contributed by atoms with E-state index in [-0.39, 0.29) is 107 Å². The van der Waals surface area contributed by atoms with Gasteiger partial charge in [0.05, 0.1) is 19.3 Å². The van der Waals surface area contributed by atoms with Crippen molar-refractivity contribution in [2.75, 3.05) is 34.3 Å². The second-order valence-electron chi connectivity index (χ2n) is 21.2. The Hall–Kier alpha value is -4.33. The second-order valence-corrected chi connectivity index (χ2v) is 21.2. The molecular weight excluding hydrogens is 1030 g/mol. The summed E-state index contributed by atoms with van der Waals surface area (Å²) in [6.45, 7) is 18.0. The third kappa shape index (κ3) is 18.7. The molecular formula is C54H85N7O12Y-2. The molecule has 4 N–H and O–H groups in total. The Morgan fingerprint density at radius 1 is 0.797 bits per heavy atom. The van der Waals surface area contributed by atoms with Crippen LogP contribution in [0, 0.1) is 30.1 Å². The first kappa shape index (κ1) is 65.8. The molecule has 20 heteroatoms. The van der Waals surface area contributed by atoms with Crippen LogP contribution in [0.3, 0.4) is 0 Å². The average molecular weight is 1110 g/mol. The van der Waals surface area contributed by atoms with Gasteiger partial charge in [-0.2, -0.15) is 5.92 Å². The number of aliphatic hydroxyl groups is 1. The number of hydrogen-bond acceptors (Lipinski definition) is 12. The maximum absolute atomic E-state index is 14.8. The molecule has 0 spiro atoms. The molecule has 74 heavy (non-hydrogen) atoms. The van der Waals surface area contributed by atoms with Crippen LogP contribution in [0.25, 0.3) is 5.73 Å². The molecule has 0 bridgehead atoms. The van der Waals surface area contributed by atoms with Crippen molar-refractivity contribution >= 4 is 53.0 Å². The van der Waals surface area contributed by atoms with Crippen LogP contribution in [0.2, 0.25) is 0 Å². The van der Waals surface area contributed by atoms with Gasteiger partial charge in [-0.1, -0.05) is 86.4 Å². The summed E-state index contributed by atoms with van der Waals surface area (Å²) in [6.07, 6.45) is 1.20. The number of nitrogens with zero attached hydrogens (tertiary/aromatic N) is 4. The maximum Gasteiger partial charge on any atom is 0.329 e. The van der Waals surface area contributed by atoms with Crippen LogP contribution in [0.4, 0.5) is 0 Å². The summed E-state index contributed by atoms with van der Waals surface area (Å²) in [4.78, 5) is 130. The smallest absolute Gasteiger partial charge is 0.329 e. The van der Waals surface area contributed by atoms with Crippen molar-refractivity contribution in [1.29, 1.82) is 0 Å². The number of methoxy groups -OCH3 is 1. The van der Waals surface area contributed by atoms with E-state index < -0.39 is 102 Å². The van der Waals surface area contributed by atoms with E-state index in [1.165, 1.54) is 47.7 Å². The molecule has 0 unspecified atom stereocenters. The van der Waals surface area contributed by atoms with E-state index in [0.717, 1.165) is 6.92 Å². The maximum atomic E-state index is 14.8. The van der Waals surface area contributed by atoms with Crippen LogP contribution in [-0.2, 0) is 87.0 Å². The fraction of sp³-hybridized carbons (Fsp3) is 0.704. The van der Waals surface area contributed by atoms with Crippen molar-refractivity contribution in [1.82, 2.24) is 30.2 Å². The zero-order valence-corrected chi connectivity index (χ0v) is 49.0. The molecule has 413 valence electrons. The number of ketones is 2. The molecule has 0 aromatic heterocycles. The zero-order chi connectivity index (χ0) is 55.0. The SMILES string of the molecule is CC[C@H](C)[C@@H](NC(=O)[C@@H](NC(=O)[C@@H](CC(C)C)N(C)C(=O)[C@@H]1CCCN1C(=O)C(C)=O)[C@@H](C)OC(=O)[C@H](Cc1ccc(OC)cc1)N(C)C(=O)[C@@H]1CCCN1C(=O)[C@@H]([NH-])CC(C)C)[C@@H](O)CC(=O)C[CH-]C(C)C.[Y]. The number of aliphatic hydroxyl groups excluding tert-OH is 1. The second kappa shape index (κ2) is 31.0. The first-order valence-electron chi connectivity index (χ1n) is 26.1. The van der Waals surface area contributed by atoms with Gasteiger partial charge in [0, 0.05) is 79.7 Å². The van der Waals surface area contributed by atoms with Gasteiger partial charge in [-0.05, 0) is 74.5 Å². The predicted octanol–water partition coefficient (Wildman–Crippen LogP) is 4.49. The third-order valence-electron chi connectivity index (χ3n) is 14.0. The van der Waals surface area contributed by atoms with E-state index in [1.54, 1.807) is 31.2 Å². The standard InChI is InChI=1S/C54H85N7O12.Y/c1-14-34(8)46(45(64)30-38(63)22-19-31(2)3)56-49(66)47(57-48(65)43(28-33(6)7)58(11)52(69)41-17-15-25-60(41)50(67)35(9)62)36(10)73-54(71)44(29-37-20-23-39(72-13)24-21-37)59(12)53(70)42-18-16-26-61(42)51(68)40(55)27-32(4)5;/h19-21,23-24,31-34,36,40-47,55,64H,14-18,22,25-30H2,1-13H3,(H,56,66)(H,57,65);/q-2;/t34-,36+,40-,41-,42-,43+,44-,45-,46+,47-;/m0./s1. The molecule has 2 aliphatic rings. The summed E-state index contributed by atoms with van der Waals surface area (Å²) in [6, 6.07) is -1.45. The van der Waals surface area contributed by atoms with Crippen molar-refractivity contribution in [3.8, 4) is 5.75 Å². The number of hydrogen-bond donors (Lipinski definition) is 3. The molecule has 10 atom stereocenters. The van der Waals surface area contributed by atoms with E-state index in [2.05, 4.69) is 10.6 Å². The summed E-state index contributed by atoms with van der Waals surface area (Å²) >= 11 is 0. The minimum Gasteiger partial charge on any atom is -0.667 e. The van der Waals surface area contributed by atoms with Crippen molar-refractivity contribution in [3.05, 3.63) is 42.0 Å². The molecule has 3 rings (SSSR count). The summed E-state index contributed by atoms with van der Waals surface area (Å²) in [5.41, 5.74) is 9.16. The van der Waals surface area contributed by atoms with Crippen LogP contribution >= 0.6 is 0 Å². The molecule has 2 fully saturated rings. The average Bonchev–Trinajstić information content (AvgIpc) is 4.04. The van der Waals surface area contributed by atoms with Gasteiger partial charge in [0.15, 0.2) is 0 Å². The van der Waals surface area contributed by atoms with E-state index in [9.17, 15) is 48.3 Å². The van der Waals surface area contributed by atoms with E-state index in [1.807, 2.05) is 54.9 Å². The molecule has 1 aromatic rings. The summed E-state index contributed by atoms with van der Waals surface area (Å²) in [5, 5.41) is 17.1. The molecule has 0 aliphatic carbocycles. The van der Waals surface area contributed by atoms with Crippen LogP contribution in [0.15, 0.2) is 24.3 Å². The monoisotopic (exact) mass is 1110 g/mol. The number of nitrogens with one attached hydrogen (secondary N) is 3. The molecule has 6 amide bonds. The predicted molar refractivity (Wildman–Crippen MR) is 275 cm³/mol. The fourth-order valence-corrected chi connectivity index (χ4v) is 9.47. The van der Waals surface area contributed by atoms with Gasteiger partial charge < -0.3 is 61.8 Å². The van der Waals surface area contributed by atoms with Gasteiger partial charge in [0.2, 0.25) is 35.3 Å². The summed E-state index contributed by atoms with van der Waals surface area (Å²) in [5.74, 6) is -5.82. The summed E-state index contributed by atoms with van der Waals surface area (Å²) < 4.78 is 11.5. The van der Waals surface area contributed by atoms with Crippen molar-refractivity contribution in [2.45, 2.75) is 188 Å². The largest absolute Gasteiger partial charge is 0.667 e. The quantitative estimate of drug-likeness (QED) is 0.0597. The number of Topliss-reactive ketones (excluding diaryl/α,β-unsaturated/α-hetero) is 2. The van der Waals surface area contributed by atoms with E-state index in [0.29, 0.717) is 43.4 Å². The van der Waals surface area contributed by atoms with Crippen LogP contribution in [-0.4, -0.2) is 166 Å². The number of carbonyl (C=O) groups excluding carboxylic acids is 9. The molecule has 0 saturated carbocycles. The molecule has 1 radical (unpaired) electrons. The van der Waals surface area contributed by atoms with Gasteiger partial charge in [0.25, 0.3) is 5.91 Å². The molecule has 2 saturated heterocycles. The number of likely N-dealkylation sites (N-methyl/N-ethyl adjacent to an activating group) is 2. The Bertz CT molecular complexity index is 2070. The summed E-state index contributed by atoms with van der Waals surface area (Å²) in [7, 11) is 4.35. The number of carbonyl (C=O) groups is 9. The normalized spacial score (nSPS) is 18.8. The Labute approximate surface area is 464 Å². The van der Waals surface area contributed by atoms with Crippen LogP contribution in [0.1, 0.15) is 133 Å². The van der Waals surface area contributed by atoms with Crippen molar-refractivity contribution in [2.24, 2.45) is 23.7 Å². The first-order valence-corrected chi connectivity index (χ1v) is 26.1. The van der Waals surface area contributed by atoms with Gasteiger partial charge in [-0.3, -0.25) is 33.6 Å². The number of ether oxygens (including phenoxy) is 2. The minimum absolute atomic E-state index is 0. The third-order valence-corrected chi connectivity index (χ3v) is 14.0. The van der Waals surface area contributed by atoms with Crippen LogP contribution < -0.4 is 15.4 Å². The van der Waals surface area contributed by atoms with Gasteiger partial charge >= 0.3 is 5.97 Å². The Balaban J connectivity index is 0.0000187. The number of likely N-dealkylation sites (tertiary alicyclic amines) is 2. The van der Waals surface area contributed by atoms with Gasteiger partial charge in [-0.15, -0.1) is 6.42 Å². The van der Waals surface area contributed by atoms with E-state index in [4.69, 9.17) is 15.2 Å². The number of rotatable bonds is 28. The van der Waals surface area contributed by atoms with Crippen molar-refractivity contribution < 1.29 is 90.4 Å².